The minimum Gasteiger partial charge on any atom is -0.399 e. The summed E-state index contributed by atoms with van der Waals surface area (Å²) in [7, 11) is 1.50. The summed E-state index contributed by atoms with van der Waals surface area (Å²) in [6.07, 6.45) is 0.763. The smallest absolute Gasteiger partial charge is 0.123 e. The van der Waals surface area contributed by atoms with Crippen molar-refractivity contribution in [2.45, 2.75) is 13.3 Å². The molecule has 1 aromatic carbocycles. The molecule has 0 heterocycles. The van der Waals surface area contributed by atoms with Gasteiger partial charge in [0.15, 0.2) is 0 Å². The van der Waals surface area contributed by atoms with Gasteiger partial charge in [-0.05, 0) is 24.1 Å². The molecule has 0 saturated carbocycles. The van der Waals surface area contributed by atoms with Crippen LogP contribution < -0.4 is 0 Å². The van der Waals surface area contributed by atoms with Crippen molar-refractivity contribution in [1.29, 1.82) is 0 Å². The Kier molecular flexibility index (Phi) is 3.43. The topological polar surface area (TPSA) is 21.6 Å². The molecular weight excluding hydrogens is 169 g/mol. The fourth-order valence-corrected chi connectivity index (χ4v) is 1.07. The van der Waals surface area contributed by atoms with E-state index in [0.29, 0.717) is 0 Å². The molecule has 2 nitrogen and oxygen atoms in total. The third-order valence-electron chi connectivity index (χ3n) is 1.71. The van der Waals surface area contributed by atoms with Gasteiger partial charge in [-0.3, -0.25) is 0 Å². The Morgan fingerprint density at radius 2 is 2.00 bits per heavy atom. The van der Waals surface area contributed by atoms with Gasteiger partial charge in [0.1, 0.15) is 12.9 Å². The Labute approximate surface area is 77.0 Å². The minimum atomic E-state index is -0.239. The van der Waals surface area contributed by atoms with Gasteiger partial charge in [-0.1, -0.05) is 24.2 Å². The highest BCUT2D eigenvalue weighted by molar-refractivity contribution is 5.99. The van der Waals surface area contributed by atoms with Crippen LogP contribution in [0.15, 0.2) is 29.4 Å². The van der Waals surface area contributed by atoms with E-state index in [-0.39, 0.29) is 5.82 Å². The molecule has 0 aliphatic rings. The van der Waals surface area contributed by atoms with Gasteiger partial charge in [0, 0.05) is 0 Å². The molecule has 0 bridgehead atoms. The van der Waals surface area contributed by atoms with E-state index in [2.05, 4.69) is 9.99 Å². The molecule has 0 aliphatic heterocycles. The number of benzene rings is 1. The predicted molar refractivity (Wildman–Crippen MR) is 50.2 cm³/mol. The van der Waals surface area contributed by atoms with Crippen molar-refractivity contribution in [1.82, 2.24) is 0 Å². The van der Waals surface area contributed by atoms with Crippen LogP contribution in [-0.4, -0.2) is 12.8 Å². The van der Waals surface area contributed by atoms with Gasteiger partial charge in [0.2, 0.25) is 0 Å². The van der Waals surface area contributed by atoms with E-state index in [0.717, 1.165) is 17.7 Å². The standard InChI is InChI=1S/C10H12FNO/c1-3-10(12-13-2)8-4-6-9(11)7-5-8/h4-7H,3H2,1-2H3/b12-10-. The van der Waals surface area contributed by atoms with Crippen molar-refractivity contribution in [3.63, 3.8) is 0 Å². The lowest BCUT2D eigenvalue weighted by Gasteiger charge is -2.01. The highest BCUT2D eigenvalue weighted by Gasteiger charge is 2.01. The van der Waals surface area contributed by atoms with Gasteiger partial charge in [-0.15, -0.1) is 0 Å². The first-order valence-corrected chi connectivity index (χ1v) is 4.14. The molecule has 0 amide bonds. The summed E-state index contributed by atoms with van der Waals surface area (Å²) in [5.41, 5.74) is 1.72. The van der Waals surface area contributed by atoms with Gasteiger partial charge in [-0.25, -0.2) is 4.39 Å². The average Bonchev–Trinajstić information content (AvgIpc) is 2.16. The highest BCUT2D eigenvalue weighted by Crippen LogP contribution is 2.06. The fourth-order valence-electron chi connectivity index (χ4n) is 1.07. The summed E-state index contributed by atoms with van der Waals surface area (Å²) in [5, 5.41) is 3.84. The third-order valence-corrected chi connectivity index (χ3v) is 1.71. The summed E-state index contributed by atoms with van der Waals surface area (Å²) < 4.78 is 12.6. The molecule has 0 fully saturated rings. The van der Waals surface area contributed by atoms with E-state index in [1.807, 2.05) is 6.92 Å². The zero-order valence-electron chi connectivity index (χ0n) is 7.75. The first kappa shape index (κ1) is 9.71. The average molecular weight is 181 g/mol. The second-order valence-corrected chi connectivity index (χ2v) is 2.58. The van der Waals surface area contributed by atoms with Crippen LogP contribution in [0.25, 0.3) is 0 Å². The first-order chi connectivity index (χ1) is 6.27. The molecule has 0 N–H and O–H groups in total. The van der Waals surface area contributed by atoms with Crippen LogP contribution >= 0.6 is 0 Å². The second kappa shape index (κ2) is 4.60. The predicted octanol–water partition coefficient (Wildman–Crippen LogP) is 2.59. The van der Waals surface area contributed by atoms with Gasteiger partial charge < -0.3 is 4.84 Å². The van der Waals surface area contributed by atoms with Gasteiger partial charge in [-0.2, -0.15) is 0 Å². The third kappa shape index (κ3) is 2.54. The van der Waals surface area contributed by atoms with Gasteiger partial charge in [0.05, 0.1) is 5.71 Å². The highest BCUT2D eigenvalue weighted by atomic mass is 19.1. The number of rotatable bonds is 3. The molecule has 0 radical (unpaired) electrons. The maximum Gasteiger partial charge on any atom is 0.123 e. The Morgan fingerprint density at radius 1 is 1.38 bits per heavy atom. The summed E-state index contributed by atoms with van der Waals surface area (Å²) in [6, 6.07) is 6.21. The molecular formula is C10H12FNO. The molecule has 0 aliphatic carbocycles. The van der Waals surface area contributed by atoms with E-state index >= 15 is 0 Å². The van der Waals surface area contributed by atoms with Crippen LogP contribution in [0.5, 0.6) is 0 Å². The van der Waals surface area contributed by atoms with Crippen LogP contribution in [0.2, 0.25) is 0 Å². The number of hydrogen-bond donors (Lipinski definition) is 0. The largest absolute Gasteiger partial charge is 0.399 e. The monoisotopic (exact) mass is 181 g/mol. The van der Waals surface area contributed by atoms with Gasteiger partial charge in [0.25, 0.3) is 0 Å². The molecule has 0 spiro atoms. The van der Waals surface area contributed by atoms with Crippen molar-refractivity contribution in [2.75, 3.05) is 7.11 Å². The SMILES string of the molecule is CC/C(=N/OC)c1ccc(F)cc1. The molecule has 0 unspecified atom stereocenters. The van der Waals surface area contributed by atoms with E-state index in [9.17, 15) is 4.39 Å². The Hall–Kier alpha value is -1.38. The van der Waals surface area contributed by atoms with E-state index < -0.39 is 0 Å². The Balaban J connectivity index is 2.92. The second-order valence-electron chi connectivity index (χ2n) is 2.58. The molecule has 0 saturated heterocycles. The van der Waals surface area contributed by atoms with Crippen molar-refractivity contribution in [2.24, 2.45) is 5.16 Å². The first-order valence-electron chi connectivity index (χ1n) is 4.14. The number of halogens is 1. The zero-order valence-corrected chi connectivity index (χ0v) is 7.75. The molecule has 0 aromatic heterocycles. The maximum absolute atomic E-state index is 12.6. The van der Waals surface area contributed by atoms with E-state index in [1.54, 1.807) is 12.1 Å². The van der Waals surface area contributed by atoms with Crippen LogP contribution in [0, 0.1) is 5.82 Å². The molecule has 1 rings (SSSR count). The van der Waals surface area contributed by atoms with Crippen LogP contribution in [0.4, 0.5) is 4.39 Å². The normalized spacial score (nSPS) is 11.5. The number of hydrogen-bond acceptors (Lipinski definition) is 2. The van der Waals surface area contributed by atoms with Crippen molar-refractivity contribution >= 4 is 5.71 Å². The lowest BCUT2D eigenvalue weighted by Crippen LogP contribution is -1.99. The lowest BCUT2D eigenvalue weighted by molar-refractivity contribution is 0.213. The van der Waals surface area contributed by atoms with Gasteiger partial charge >= 0.3 is 0 Å². The van der Waals surface area contributed by atoms with Crippen LogP contribution in [0.1, 0.15) is 18.9 Å². The summed E-state index contributed by atoms with van der Waals surface area (Å²) >= 11 is 0. The molecule has 70 valence electrons. The Morgan fingerprint density at radius 3 is 2.46 bits per heavy atom. The van der Waals surface area contributed by atoms with Crippen molar-refractivity contribution < 1.29 is 9.23 Å². The van der Waals surface area contributed by atoms with E-state index in [1.165, 1.54) is 19.2 Å². The molecule has 3 heteroatoms. The summed E-state index contributed by atoms with van der Waals surface area (Å²) in [5.74, 6) is -0.239. The Bertz CT molecular complexity index is 292. The minimum absolute atomic E-state index is 0.239. The number of nitrogens with zero attached hydrogens (tertiary/aromatic N) is 1. The zero-order chi connectivity index (χ0) is 9.68. The fraction of sp³-hybridized carbons (Fsp3) is 0.300. The quantitative estimate of drug-likeness (QED) is 0.518. The summed E-state index contributed by atoms with van der Waals surface area (Å²) in [6.45, 7) is 1.97. The molecule has 1 aromatic rings. The summed E-state index contributed by atoms with van der Waals surface area (Å²) in [4.78, 5) is 4.67. The maximum atomic E-state index is 12.6. The van der Waals surface area contributed by atoms with Crippen LogP contribution in [-0.2, 0) is 4.84 Å². The number of oxime groups is 1. The van der Waals surface area contributed by atoms with E-state index in [4.69, 9.17) is 0 Å². The van der Waals surface area contributed by atoms with Crippen molar-refractivity contribution in [3.05, 3.63) is 35.6 Å². The van der Waals surface area contributed by atoms with Crippen LogP contribution in [0.3, 0.4) is 0 Å². The molecule has 0 atom stereocenters. The van der Waals surface area contributed by atoms with Crippen molar-refractivity contribution in [3.8, 4) is 0 Å². The lowest BCUT2D eigenvalue weighted by atomic mass is 10.1. The molecule has 13 heavy (non-hydrogen) atoms.